The monoisotopic (exact) mass is 364 g/mol. The number of anilines is 4. The molecular formula is C20H21FN6. The largest absolute Gasteiger partial charge is 0.368 e. The van der Waals surface area contributed by atoms with Gasteiger partial charge in [0.15, 0.2) is 5.82 Å². The van der Waals surface area contributed by atoms with E-state index in [-0.39, 0.29) is 5.82 Å². The quantitative estimate of drug-likeness (QED) is 0.766. The van der Waals surface area contributed by atoms with E-state index in [1.54, 1.807) is 18.3 Å². The van der Waals surface area contributed by atoms with Gasteiger partial charge in [-0.25, -0.2) is 4.39 Å². The summed E-state index contributed by atoms with van der Waals surface area (Å²) < 4.78 is 13.0. The van der Waals surface area contributed by atoms with Gasteiger partial charge in [0.2, 0.25) is 5.95 Å². The third-order valence-electron chi connectivity index (χ3n) is 4.62. The Hall–Kier alpha value is -3.22. The molecule has 1 fully saturated rings. The van der Waals surface area contributed by atoms with Crippen molar-refractivity contribution in [1.82, 2.24) is 15.2 Å². The van der Waals surface area contributed by atoms with Crippen LogP contribution in [0.15, 0.2) is 54.7 Å². The summed E-state index contributed by atoms with van der Waals surface area (Å²) in [6.07, 6.45) is 1.68. The number of piperazine rings is 1. The van der Waals surface area contributed by atoms with Crippen molar-refractivity contribution in [2.45, 2.75) is 6.92 Å². The van der Waals surface area contributed by atoms with E-state index in [2.05, 4.69) is 61.5 Å². The molecule has 0 bridgehead atoms. The number of benzene rings is 2. The molecule has 0 spiro atoms. The van der Waals surface area contributed by atoms with Crippen LogP contribution in [0, 0.1) is 12.7 Å². The molecule has 0 atom stereocenters. The van der Waals surface area contributed by atoms with Crippen LogP contribution >= 0.6 is 0 Å². The Bertz CT molecular complexity index is 906. The van der Waals surface area contributed by atoms with E-state index >= 15 is 0 Å². The number of hydrogen-bond donors (Lipinski definition) is 1. The summed E-state index contributed by atoms with van der Waals surface area (Å²) in [5.41, 5.74) is 3.25. The van der Waals surface area contributed by atoms with Gasteiger partial charge in [-0.3, -0.25) is 0 Å². The summed E-state index contributed by atoms with van der Waals surface area (Å²) in [6, 6.07) is 14.7. The number of aryl methyl sites for hydroxylation is 1. The summed E-state index contributed by atoms with van der Waals surface area (Å²) in [6.45, 7) is 5.69. The maximum Gasteiger partial charge on any atom is 0.249 e. The van der Waals surface area contributed by atoms with Gasteiger partial charge in [0.1, 0.15) is 5.82 Å². The van der Waals surface area contributed by atoms with Gasteiger partial charge in [-0.15, -0.1) is 5.10 Å². The van der Waals surface area contributed by atoms with Crippen LogP contribution in [0.25, 0.3) is 0 Å². The fourth-order valence-corrected chi connectivity index (χ4v) is 3.18. The first-order chi connectivity index (χ1) is 13.2. The second kappa shape index (κ2) is 7.57. The lowest BCUT2D eigenvalue weighted by Crippen LogP contribution is -2.47. The number of rotatable bonds is 4. The number of nitrogens with zero attached hydrogens (tertiary/aromatic N) is 5. The van der Waals surface area contributed by atoms with Crippen LogP contribution in [0.3, 0.4) is 0 Å². The van der Waals surface area contributed by atoms with E-state index < -0.39 is 0 Å². The first kappa shape index (κ1) is 17.2. The molecule has 0 aliphatic carbocycles. The van der Waals surface area contributed by atoms with Crippen LogP contribution in [0.5, 0.6) is 0 Å². The molecule has 1 aliphatic rings. The molecule has 3 aromatic rings. The lowest BCUT2D eigenvalue weighted by Gasteiger charge is -2.36. The Kier molecular flexibility index (Phi) is 4.82. The first-order valence-corrected chi connectivity index (χ1v) is 8.96. The summed E-state index contributed by atoms with van der Waals surface area (Å²) in [5, 5.41) is 11.1. The Labute approximate surface area is 157 Å². The zero-order valence-corrected chi connectivity index (χ0v) is 15.1. The molecule has 0 saturated carbocycles. The van der Waals surface area contributed by atoms with Crippen molar-refractivity contribution in [3.63, 3.8) is 0 Å². The van der Waals surface area contributed by atoms with Crippen LogP contribution in [0.2, 0.25) is 0 Å². The van der Waals surface area contributed by atoms with Gasteiger partial charge in [0, 0.05) is 37.6 Å². The van der Waals surface area contributed by atoms with E-state index in [0.717, 1.165) is 37.7 Å². The van der Waals surface area contributed by atoms with Crippen molar-refractivity contribution in [2.75, 3.05) is 41.3 Å². The van der Waals surface area contributed by atoms with Crippen molar-refractivity contribution in [2.24, 2.45) is 0 Å². The highest BCUT2D eigenvalue weighted by molar-refractivity contribution is 5.55. The highest BCUT2D eigenvalue weighted by Gasteiger charge is 2.19. The second-order valence-corrected chi connectivity index (χ2v) is 6.58. The molecule has 0 amide bonds. The van der Waals surface area contributed by atoms with Crippen molar-refractivity contribution in [3.05, 3.63) is 66.1 Å². The van der Waals surface area contributed by atoms with E-state index in [9.17, 15) is 4.39 Å². The molecule has 27 heavy (non-hydrogen) atoms. The minimum atomic E-state index is -0.278. The standard InChI is InChI=1S/C20H21FN6/c1-15-3-2-4-18(13-15)26-9-11-27(12-10-26)19-14-22-25-20(24-19)23-17-7-5-16(21)6-8-17/h2-8,13-14H,9-12H2,1H3,(H,23,24,25). The minimum absolute atomic E-state index is 0.278. The molecule has 0 radical (unpaired) electrons. The topological polar surface area (TPSA) is 57.2 Å². The fourth-order valence-electron chi connectivity index (χ4n) is 3.18. The Morgan fingerprint density at radius 2 is 1.70 bits per heavy atom. The minimum Gasteiger partial charge on any atom is -0.368 e. The zero-order valence-electron chi connectivity index (χ0n) is 15.1. The van der Waals surface area contributed by atoms with Gasteiger partial charge < -0.3 is 15.1 Å². The van der Waals surface area contributed by atoms with Crippen LogP contribution < -0.4 is 15.1 Å². The molecule has 2 heterocycles. The molecule has 0 unspecified atom stereocenters. The maximum atomic E-state index is 13.0. The third kappa shape index (κ3) is 4.13. The van der Waals surface area contributed by atoms with Crippen molar-refractivity contribution in [3.8, 4) is 0 Å². The highest BCUT2D eigenvalue weighted by atomic mass is 19.1. The van der Waals surface area contributed by atoms with Gasteiger partial charge >= 0.3 is 0 Å². The maximum absolute atomic E-state index is 13.0. The summed E-state index contributed by atoms with van der Waals surface area (Å²) in [4.78, 5) is 9.14. The molecule has 7 heteroatoms. The second-order valence-electron chi connectivity index (χ2n) is 6.58. The van der Waals surface area contributed by atoms with E-state index in [4.69, 9.17) is 0 Å². The molecular weight excluding hydrogens is 343 g/mol. The summed E-state index contributed by atoms with van der Waals surface area (Å²) in [7, 11) is 0. The predicted octanol–water partition coefficient (Wildman–Crippen LogP) is 3.39. The van der Waals surface area contributed by atoms with E-state index in [0.29, 0.717) is 5.95 Å². The van der Waals surface area contributed by atoms with Crippen LogP contribution in [0.4, 0.5) is 27.5 Å². The van der Waals surface area contributed by atoms with Crippen LogP contribution in [0.1, 0.15) is 5.56 Å². The van der Waals surface area contributed by atoms with E-state index in [1.165, 1.54) is 23.4 Å². The van der Waals surface area contributed by atoms with Crippen LogP contribution in [-0.4, -0.2) is 41.4 Å². The third-order valence-corrected chi connectivity index (χ3v) is 4.62. The molecule has 138 valence electrons. The van der Waals surface area contributed by atoms with Crippen LogP contribution in [-0.2, 0) is 0 Å². The van der Waals surface area contributed by atoms with Gasteiger partial charge in [0.25, 0.3) is 0 Å². The normalized spacial score (nSPS) is 14.3. The Balaban J connectivity index is 1.42. The lowest BCUT2D eigenvalue weighted by molar-refractivity contribution is 0.628. The molecule has 4 rings (SSSR count). The van der Waals surface area contributed by atoms with Gasteiger partial charge in [0.05, 0.1) is 6.20 Å². The highest BCUT2D eigenvalue weighted by Crippen LogP contribution is 2.21. The molecule has 2 aromatic carbocycles. The number of halogens is 1. The lowest BCUT2D eigenvalue weighted by atomic mass is 10.2. The van der Waals surface area contributed by atoms with Gasteiger partial charge in [-0.1, -0.05) is 12.1 Å². The zero-order chi connectivity index (χ0) is 18.6. The molecule has 1 N–H and O–H groups in total. The Morgan fingerprint density at radius 3 is 2.44 bits per heavy atom. The first-order valence-electron chi connectivity index (χ1n) is 8.96. The van der Waals surface area contributed by atoms with Gasteiger partial charge in [-0.05, 0) is 48.9 Å². The van der Waals surface area contributed by atoms with Crippen molar-refractivity contribution < 1.29 is 4.39 Å². The number of aromatic nitrogens is 3. The van der Waals surface area contributed by atoms with Gasteiger partial charge in [-0.2, -0.15) is 10.1 Å². The van der Waals surface area contributed by atoms with Crippen molar-refractivity contribution >= 4 is 23.1 Å². The van der Waals surface area contributed by atoms with E-state index in [1.807, 2.05) is 0 Å². The number of hydrogen-bond acceptors (Lipinski definition) is 6. The summed E-state index contributed by atoms with van der Waals surface area (Å²) >= 11 is 0. The average molecular weight is 364 g/mol. The molecule has 1 aromatic heterocycles. The predicted molar refractivity (Wildman–Crippen MR) is 105 cm³/mol. The molecule has 1 aliphatic heterocycles. The smallest absolute Gasteiger partial charge is 0.249 e. The SMILES string of the molecule is Cc1cccc(N2CCN(c3cnnc(Nc4ccc(F)cc4)n3)CC2)c1. The molecule has 6 nitrogen and oxygen atoms in total. The Morgan fingerprint density at radius 1 is 0.963 bits per heavy atom. The fraction of sp³-hybridized carbons (Fsp3) is 0.250. The molecule has 1 saturated heterocycles. The number of nitrogens with one attached hydrogen (secondary N) is 1. The average Bonchev–Trinajstić information content (AvgIpc) is 2.70. The van der Waals surface area contributed by atoms with Crippen molar-refractivity contribution in [1.29, 1.82) is 0 Å². The summed E-state index contributed by atoms with van der Waals surface area (Å²) in [5.74, 6) is 0.915.